The van der Waals surface area contributed by atoms with E-state index >= 15 is 0 Å². The van der Waals surface area contributed by atoms with E-state index in [-0.39, 0.29) is 0 Å². The van der Waals surface area contributed by atoms with Gasteiger partial charge in [0.2, 0.25) is 0 Å². The highest BCUT2D eigenvalue weighted by Crippen LogP contribution is 2.49. The number of nitrogens with zero attached hydrogens (tertiary/aromatic N) is 1. The van der Waals surface area contributed by atoms with E-state index in [4.69, 9.17) is 8.83 Å². The highest BCUT2D eigenvalue weighted by Gasteiger charge is 2.25. The highest BCUT2D eigenvalue weighted by molar-refractivity contribution is 6.24. The zero-order valence-electron chi connectivity index (χ0n) is 28.7. The van der Waals surface area contributed by atoms with Crippen LogP contribution < -0.4 is 4.90 Å². The van der Waals surface area contributed by atoms with Gasteiger partial charge < -0.3 is 13.7 Å². The Morgan fingerprint density at radius 2 is 0.962 bits per heavy atom. The second-order valence-electron chi connectivity index (χ2n) is 13.6. The van der Waals surface area contributed by atoms with Crippen LogP contribution >= 0.6 is 0 Å². The van der Waals surface area contributed by atoms with Crippen molar-refractivity contribution >= 4 is 82.5 Å². The van der Waals surface area contributed by atoms with Crippen molar-refractivity contribution in [2.24, 2.45) is 0 Å². The molecule has 0 radical (unpaired) electrons. The molecule has 9 aromatic carbocycles. The molecule has 11 rings (SSSR count). The van der Waals surface area contributed by atoms with Crippen molar-refractivity contribution in [3.8, 4) is 22.3 Å². The summed E-state index contributed by atoms with van der Waals surface area (Å²) in [5.41, 5.74) is 11.1. The van der Waals surface area contributed by atoms with Crippen LogP contribution in [-0.4, -0.2) is 0 Å². The molecule has 53 heavy (non-hydrogen) atoms. The molecule has 2 aromatic heterocycles. The van der Waals surface area contributed by atoms with Crippen molar-refractivity contribution in [1.82, 2.24) is 0 Å². The third kappa shape index (κ3) is 4.61. The lowest BCUT2D eigenvalue weighted by molar-refractivity contribution is 0.665. The molecule has 0 aliphatic carbocycles. The average Bonchev–Trinajstić information content (AvgIpc) is 3.80. The smallest absolute Gasteiger partial charge is 0.144 e. The van der Waals surface area contributed by atoms with Crippen molar-refractivity contribution in [3.63, 3.8) is 0 Å². The van der Waals surface area contributed by atoms with Gasteiger partial charge in [0.25, 0.3) is 0 Å². The zero-order valence-corrected chi connectivity index (χ0v) is 28.7. The number of fused-ring (bicyclic) bond motifs is 8. The molecule has 0 saturated heterocycles. The van der Waals surface area contributed by atoms with Crippen LogP contribution in [0.25, 0.3) is 87.7 Å². The van der Waals surface area contributed by atoms with Gasteiger partial charge in [0.15, 0.2) is 0 Å². The quantitative estimate of drug-likeness (QED) is 0.182. The molecular formula is C50H31NO2. The lowest BCUT2D eigenvalue weighted by Gasteiger charge is -2.27. The average molecular weight is 678 g/mol. The summed E-state index contributed by atoms with van der Waals surface area (Å²) in [7, 11) is 0. The fraction of sp³-hybridized carbons (Fsp3) is 0. The molecule has 0 N–H and O–H groups in total. The predicted octanol–water partition coefficient (Wildman–Crippen LogP) is 14.6. The molecule has 3 nitrogen and oxygen atoms in total. The second kappa shape index (κ2) is 11.7. The molecule has 0 aliphatic heterocycles. The first-order valence-electron chi connectivity index (χ1n) is 18.0. The predicted molar refractivity (Wildman–Crippen MR) is 222 cm³/mol. The van der Waals surface area contributed by atoms with Crippen LogP contribution in [0.15, 0.2) is 197 Å². The van der Waals surface area contributed by atoms with Crippen molar-refractivity contribution in [1.29, 1.82) is 0 Å². The third-order valence-electron chi connectivity index (χ3n) is 10.6. The largest absolute Gasteiger partial charge is 0.455 e. The number of benzene rings is 9. The first-order valence-corrected chi connectivity index (χ1v) is 18.0. The summed E-state index contributed by atoms with van der Waals surface area (Å²) in [5, 5.41) is 8.95. The number of anilines is 3. The van der Waals surface area contributed by atoms with E-state index in [1.807, 2.05) is 12.1 Å². The third-order valence-corrected chi connectivity index (χ3v) is 10.6. The van der Waals surface area contributed by atoms with E-state index < -0.39 is 0 Å². The monoisotopic (exact) mass is 677 g/mol. The van der Waals surface area contributed by atoms with Crippen molar-refractivity contribution in [3.05, 3.63) is 188 Å². The number of furan rings is 2. The lowest BCUT2D eigenvalue weighted by Crippen LogP contribution is -2.10. The van der Waals surface area contributed by atoms with Gasteiger partial charge in [-0.15, -0.1) is 0 Å². The summed E-state index contributed by atoms with van der Waals surface area (Å²) in [6.45, 7) is 0. The van der Waals surface area contributed by atoms with Crippen LogP contribution in [0.1, 0.15) is 0 Å². The Morgan fingerprint density at radius 3 is 1.83 bits per heavy atom. The van der Waals surface area contributed by atoms with Crippen LogP contribution in [0.5, 0.6) is 0 Å². The molecule has 0 saturated carbocycles. The van der Waals surface area contributed by atoms with Gasteiger partial charge in [-0.05, 0) is 69.8 Å². The Kier molecular flexibility index (Phi) is 6.55. The Bertz CT molecular complexity index is 3160. The molecule has 2 heterocycles. The highest BCUT2D eigenvalue weighted by atomic mass is 16.3. The minimum absolute atomic E-state index is 0.831. The molecule has 0 bridgehead atoms. The van der Waals surface area contributed by atoms with Gasteiger partial charge in [-0.2, -0.15) is 0 Å². The molecule has 0 spiro atoms. The standard InChI is InChI=1S/C50H31NO2/c1-2-13-32(14-3-1)33-27-29-36(30-28-33)51(43-23-10-17-34-15-4-6-18-37(34)43)44-24-12-26-46-48(44)42-31-35-16-5-7-19-38(35)47(50(42)53-46)41-22-11-21-40-39-20-8-9-25-45(39)52-49(40)41/h1-31H. The molecule has 248 valence electrons. The number of hydrogen-bond donors (Lipinski definition) is 0. The Labute approximate surface area is 305 Å². The summed E-state index contributed by atoms with van der Waals surface area (Å²) < 4.78 is 13.6. The Balaban J connectivity index is 1.22. The number of hydrogen-bond acceptors (Lipinski definition) is 3. The normalized spacial score (nSPS) is 11.8. The van der Waals surface area contributed by atoms with Crippen molar-refractivity contribution in [2.75, 3.05) is 4.90 Å². The summed E-state index contributed by atoms with van der Waals surface area (Å²) >= 11 is 0. The maximum Gasteiger partial charge on any atom is 0.144 e. The summed E-state index contributed by atoms with van der Waals surface area (Å²) in [6.07, 6.45) is 0. The molecule has 11 aromatic rings. The minimum atomic E-state index is 0.831. The summed E-state index contributed by atoms with van der Waals surface area (Å²) in [4.78, 5) is 2.39. The van der Waals surface area contributed by atoms with E-state index in [9.17, 15) is 0 Å². The van der Waals surface area contributed by atoms with Gasteiger partial charge in [-0.3, -0.25) is 0 Å². The van der Waals surface area contributed by atoms with E-state index in [1.165, 1.54) is 21.9 Å². The van der Waals surface area contributed by atoms with Crippen molar-refractivity contribution in [2.45, 2.75) is 0 Å². The summed E-state index contributed by atoms with van der Waals surface area (Å²) in [5.74, 6) is 0. The fourth-order valence-electron chi connectivity index (χ4n) is 8.25. The lowest BCUT2D eigenvalue weighted by atomic mass is 9.93. The number of para-hydroxylation sites is 2. The van der Waals surface area contributed by atoms with Crippen LogP contribution in [0.4, 0.5) is 17.1 Å². The van der Waals surface area contributed by atoms with Crippen LogP contribution in [0.3, 0.4) is 0 Å². The molecule has 0 fully saturated rings. The molecular weight excluding hydrogens is 647 g/mol. The van der Waals surface area contributed by atoms with E-state index in [0.29, 0.717) is 0 Å². The zero-order chi connectivity index (χ0) is 34.9. The maximum absolute atomic E-state index is 7.03. The van der Waals surface area contributed by atoms with Gasteiger partial charge >= 0.3 is 0 Å². The first-order chi connectivity index (χ1) is 26.3. The van der Waals surface area contributed by atoms with Crippen molar-refractivity contribution < 1.29 is 8.83 Å². The molecule has 0 unspecified atom stereocenters. The van der Waals surface area contributed by atoms with E-state index in [2.05, 4.69) is 181 Å². The second-order valence-corrected chi connectivity index (χ2v) is 13.6. The van der Waals surface area contributed by atoms with Crippen LogP contribution in [-0.2, 0) is 0 Å². The van der Waals surface area contributed by atoms with Gasteiger partial charge in [0.05, 0.1) is 16.8 Å². The van der Waals surface area contributed by atoms with E-state index in [0.717, 1.165) is 82.8 Å². The van der Waals surface area contributed by atoms with Crippen LogP contribution in [0, 0.1) is 0 Å². The molecule has 0 amide bonds. The van der Waals surface area contributed by atoms with Gasteiger partial charge in [0.1, 0.15) is 22.3 Å². The Hall–Kier alpha value is -7.10. The molecule has 0 aliphatic rings. The van der Waals surface area contributed by atoms with Gasteiger partial charge in [0, 0.05) is 38.4 Å². The van der Waals surface area contributed by atoms with E-state index in [1.54, 1.807) is 0 Å². The topological polar surface area (TPSA) is 29.5 Å². The van der Waals surface area contributed by atoms with Crippen LogP contribution in [0.2, 0.25) is 0 Å². The SMILES string of the molecule is c1ccc(-c2ccc(N(c3cccc4ccccc34)c3cccc4oc5c(-c6cccc7c6oc6ccccc67)c6ccccc6cc5c34)cc2)cc1. The first kappa shape index (κ1) is 29.6. The minimum Gasteiger partial charge on any atom is -0.455 e. The number of rotatable bonds is 5. The van der Waals surface area contributed by atoms with Gasteiger partial charge in [-0.25, -0.2) is 0 Å². The summed E-state index contributed by atoms with van der Waals surface area (Å²) in [6, 6.07) is 66.6. The Morgan fingerprint density at radius 1 is 0.358 bits per heavy atom. The molecule has 0 atom stereocenters. The van der Waals surface area contributed by atoms with Gasteiger partial charge in [-0.1, -0.05) is 146 Å². The maximum atomic E-state index is 7.03. The fourth-order valence-corrected chi connectivity index (χ4v) is 8.25. The molecule has 3 heteroatoms.